The number of nitrogens with one attached hydrogen (secondary N) is 1. The van der Waals surface area contributed by atoms with Crippen LogP contribution in [-0.4, -0.2) is 28.8 Å². The molecule has 0 bridgehead atoms. The number of benzene rings is 2. The van der Waals surface area contributed by atoms with Crippen LogP contribution in [0, 0.1) is 0 Å². The van der Waals surface area contributed by atoms with E-state index in [2.05, 4.69) is 36.3 Å². The normalized spacial score (nSPS) is 23.5. The van der Waals surface area contributed by atoms with E-state index in [4.69, 9.17) is 17.4 Å². The molecule has 1 saturated carbocycles. The first-order chi connectivity index (χ1) is 15.6. The Bertz CT molecular complexity index is 1110. The van der Waals surface area contributed by atoms with Crippen molar-refractivity contribution < 1.29 is 5.79 Å². The zero-order valence-electron chi connectivity index (χ0n) is 18.0. The van der Waals surface area contributed by atoms with E-state index in [1.165, 1.54) is 0 Å². The Morgan fingerprint density at radius 3 is 2.74 bits per heavy atom. The molecule has 1 aliphatic heterocycles. The van der Waals surface area contributed by atoms with Crippen LogP contribution in [-0.2, 0) is 6.54 Å². The van der Waals surface area contributed by atoms with Gasteiger partial charge in [-0.05, 0) is 73.7 Å². The largest absolute Gasteiger partial charge is 0.419 e. The van der Waals surface area contributed by atoms with E-state index < -0.39 is 0 Å². The predicted molar refractivity (Wildman–Crippen MR) is 128 cm³/mol. The Kier molecular flexibility index (Phi) is 5.76. The van der Waals surface area contributed by atoms with Gasteiger partial charge in [0.2, 0.25) is 11.8 Å². The second-order valence-electron chi connectivity index (χ2n) is 8.01. The molecule has 1 fully saturated rings. The van der Waals surface area contributed by atoms with E-state index >= 15 is 0 Å². The molecule has 3 aromatic rings. The minimum absolute atomic E-state index is 0.353. The topological polar surface area (TPSA) is 54.2 Å². The molecule has 0 amide bonds. The molecule has 160 valence electrons. The number of hydrogen-bond donors (Lipinski definition) is 1. The quantitative estimate of drug-likeness (QED) is 0.460. The first-order valence-electron chi connectivity index (χ1n) is 11.1. The first kappa shape index (κ1) is 19.5. The van der Waals surface area contributed by atoms with Crippen LogP contribution in [0.4, 0.5) is 5.69 Å². The summed E-state index contributed by atoms with van der Waals surface area (Å²) in [5.74, 6) is 1.14. The minimum atomic E-state index is -0.353. The van der Waals surface area contributed by atoms with Gasteiger partial charge in [-0.3, -0.25) is 0 Å². The number of hydrogen-bond acceptors (Lipinski definition) is 5. The zero-order valence-corrected chi connectivity index (χ0v) is 19.3. The summed E-state index contributed by atoms with van der Waals surface area (Å²) in [6, 6.07) is 14.5. The van der Waals surface area contributed by atoms with Gasteiger partial charge in [0, 0.05) is 39.4 Å². The molecule has 1 atom stereocenters. The summed E-state index contributed by atoms with van der Waals surface area (Å²) in [6.07, 6.45) is 8.13. The SMILES string of the molecule is [2H]C1C=Cc2cc(Cl)ccc2N1[C@H]1CC[C@H](NCc2nnc(-c3ccc(Br)cc3)o2)CC1. The molecule has 5 rings (SSSR count). The fourth-order valence-electron chi connectivity index (χ4n) is 4.36. The number of anilines is 1. The van der Waals surface area contributed by atoms with E-state index in [9.17, 15) is 0 Å². The highest BCUT2D eigenvalue weighted by atomic mass is 79.9. The molecule has 0 saturated heterocycles. The maximum atomic E-state index is 8.54. The van der Waals surface area contributed by atoms with Crippen LogP contribution in [0.5, 0.6) is 0 Å². The molecule has 0 spiro atoms. The Morgan fingerprint density at radius 1 is 1.13 bits per heavy atom. The number of rotatable bonds is 5. The highest BCUT2D eigenvalue weighted by Crippen LogP contribution is 2.34. The van der Waals surface area contributed by atoms with E-state index in [0.717, 1.165) is 52.0 Å². The second-order valence-corrected chi connectivity index (χ2v) is 9.36. The highest BCUT2D eigenvalue weighted by molar-refractivity contribution is 9.10. The molecule has 2 aliphatic rings. The van der Waals surface area contributed by atoms with Crippen LogP contribution >= 0.6 is 27.5 Å². The lowest BCUT2D eigenvalue weighted by atomic mass is 9.89. The summed E-state index contributed by atoms with van der Waals surface area (Å²) in [4.78, 5) is 2.24. The maximum Gasteiger partial charge on any atom is 0.247 e. The number of halogens is 2. The van der Waals surface area contributed by atoms with Crippen molar-refractivity contribution >= 4 is 39.3 Å². The average Bonchev–Trinajstić information content (AvgIpc) is 3.28. The molecule has 1 unspecified atom stereocenters. The van der Waals surface area contributed by atoms with Crippen LogP contribution in [0.25, 0.3) is 17.5 Å². The number of fused-ring (bicyclic) bond motifs is 1. The van der Waals surface area contributed by atoms with Gasteiger partial charge >= 0.3 is 0 Å². The molecule has 1 N–H and O–H groups in total. The van der Waals surface area contributed by atoms with Crippen LogP contribution in [0.3, 0.4) is 0 Å². The van der Waals surface area contributed by atoms with E-state index in [1.807, 2.05) is 54.6 Å². The molecule has 0 radical (unpaired) electrons. The molecule has 1 aromatic heterocycles. The fourth-order valence-corrected chi connectivity index (χ4v) is 4.80. The number of nitrogens with zero attached hydrogens (tertiary/aromatic N) is 3. The summed E-state index contributed by atoms with van der Waals surface area (Å²) >= 11 is 9.60. The zero-order chi connectivity index (χ0) is 22.1. The van der Waals surface area contributed by atoms with Gasteiger partial charge in [0.1, 0.15) is 0 Å². The Balaban J connectivity index is 1.17. The van der Waals surface area contributed by atoms with Gasteiger partial charge in [-0.2, -0.15) is 0 Å². The third kappa shape index (κ3) is 4.71. The Hall–Kier alpha value is -2.15. The Morgan fingerprint density at radius 2 is 1.94 bits per heavy atom. The molecule has 7 heteroatoms. The van der Waals surface area contributed by atoms with Gasteiger partial charge < -0.3 is 14.6 Å². The molecule has 2 aromatic carbocycles. The average molecular weight is 501 g/mol. The van der Waals surface area contributed by atoms with Gasteiger partial charge in [-0.25, -0.2) is 0 Å². The van der Waals surface area contributed by atoms with Gasteiger partial charge in [0.05, 0.1) is 7.92 Å². The third-order valence-electron chi connectivity index (χ3n) is 5.98. The third-order valence-corrected chi connectivity index (χ3v) is 6.74. The van der Waals surface area contributed by atoms with Gasteiger partial charge in [-0.1, -0.05) is 39.7 Å². The van der Waals surface area contributed by atoms with Crippen molar-refractivity contribution in [3.8, 4) is 11.5 Å². The van der Waals surface area contributed by atoms with Crippen molar-refractivity contribution in [2.24, 2.45) is 0 Å². The van der Waals surface area contributed by atoms with Crippen LogP contribution in [0.2, 0.25) is 5.02 Å². The standard InChI is InChI=1S/C24H24BrClN4O/c25-18-5-3-16(4-6-18)24-29-28-23(31-24)15-27-20-8-10-21(11-9-20)30-13-1-2-17-14-19(26)7-12-22(17)30/h1-7,12,14,20-21,27H,8-11,13,15H2/t20-,21-/i13D/t13?,20-,21-. The van der Waals surface area contributed by atoms with Gasteiger partial charge in [-0.15, -0.1) is 10.2 Å². The van der Waals surface area contributed by atoms with Crippen molar-refractivity contribution in [1.29, 1.82) is 0 Å². The summed E-state index contributed by atoms with van der Waals surface area (Å²) in [5.41, 5.74) is 3.12. The van der Waals surface area contributed by atoms with Crippen LogP contribution in [0.1, 0.15) is 38.5 Å². The van der Waals surface area contributed by atoms with Crippen molar-refractivity contribution in [2.45, 2.75) is 44.3 Å². The molecule has 2 heterocycles. The monoisotopic (exact) mass is 499 g/mol. The summed E-state index contributed by atoms with van der Waals surface area (Å²) in [6.45, 7) is 0.210. The highest BCUT2D eigenvalue weighted by Gasteiger charge is 2.27. The number of aromatic nitrogens is 2. The summed E-state index contributed by atoms with van der Waals surface area (Å²) in [7, 11) is 0. The lowest BCUT2D eigenvalue weighted by Gasteiger charge is -2.40. The lowest BCUT2D eigenvalue weighted by molar-refractivity contribution is 0.322. The van der Waals surface area contributed by atoms with E-state index in [0.29, 0.717) is 30.4 Å². The minimum Gasteiger partial charge on any atom is -0.419 e. The second kappa shape index (κ2) is 9.15. The molecule has 1 aliphatic carbocycles. The summed E-state index contributed by atoms with van der Waals surface area (Å²) in [5, 5.41) is 12.7. The van der Waals surface area contributed by atoms with Crippen LogP contribution in [0.15, 0.2) is 57.4 Å². The molecular weight excluding hydrogens is 476 g/mol. The van der Waals surface area contributed by atoms with Crippen molar-refractivity contribution in [1.82, 2.24) is 15.5 Å². The fraction of sp³-hybridized carbons (Fsp3) is 0.333. The molecule has 31 heavy (non-hydrogen) atoms. The smallest absolute Gasteiger partial charge is 0.247 e. The molecule has 5 nitrogen and oxygen atoms in total. The summed E-state index contributed by atoms with van der Waals surface area (Å²) < 4.78 is 15.4. The maximum absolute atomic E-state index is 8.54. The van der Waals surface area contributed by atoms with Crippen LogP contribution < -0.4 is 10.2 Å². The van der Waals surface area contributed by atoms with E-state index in [1.54, 1.807) is 0 Å². The van der Waals surface area contributed by atoms with Gasteiger partial charge in [0.15, 0.2) is 0 Å². The predicted octanol–water partition coefficient (Wildman–Crippen LogP) is 6.09. The molecular formula is C24H24BrClN4O. The van der Waals surface area contributed by atoms with Crippen molar-refractivity contribution in [3.63, 3.8) is 0 Å². The van der Waals surface area contributed by atoms with Crippen molar-refractivity contribution in [3.05, 3.63) is 69.5 Å². The first-order valence-corrected chi connectivity index (χ1v) is 11.7. The van der Waals surface area contributed by atoms with E-state index in [-0.39, 0.29) is 6.52 Å². The van der Waals surface area contributed by atoms with Crippen molar-refractivity contribution in [2.75, 3.05) is 11.4 Å². The lowest BCUT2D eigenvalue weighted by Crippen LogP contribution is -2.43. The Labute approximate surface area is 197 Å². The van der Waals surface area contributed by atoms with Gasteiger partial charge in [0.25, 0.3) is 0 Å².